The van der Waals surface area contributed by atoms with E-state index in [1.807, 2.05) is 0 Å². The lowest BCUT2D eigenvalue weighted by atomic mass is 10.1. The summed E-state index contributed by atoms with van der Waals surface area (Å²) in [6, 6.07) is 0. The second-order valence-corrected chi connectivity index (χ2v) is 3.84. The summed E-state index contributed by atoms with van der Waals surface area (Å²) in [7, 11) is 1.53. The first kappa shape index (κ1) is 12.9. The van der Waals surface area contributed by atoms with Crippen LogP contribution in [0.2, 0.25) is 0 Å². The third-order valence-corrected chi connectivity index (χ3v) is 2.49. The van der Waals surface area contributed by atoms with Crippen LogP contribution in [0.15, 0.2) is 0 Å². The van der Waals surface area contributed by atoms with Gasteiger partial charge in [0.15, 0.2) is 6.10 Å². The van der Waals surface area contributed by atoms with Crippen LogP contribution in [0.3, 0.4) is 0 Å². The summed E-state index contributed by atoms with van der Waals surface area (Å²) in [5, 5.41) is 8.79. The van der Waals surface area contributed by atoms with E-state index >= 15 is 0 Å². The number of hydrogen-bond donors (Lipinski definition) is 1. The fourth-order valence-electron chi connectivity index (χ4n) is 1.63. The molecular weight excluding hydrogens is 214 g/mol. The number of carboxylic acid groups (broad SMARTS) is 1. The van der Waals surface area contributed by atoms with Crippen LogP contribution in [0.4, 0.5) is 0 Å². The number of morpholine rings is 1. The van der Waals surface area contributed by atoms with Crippen LogP contribution < -0.4 is 0 Å². The predicted octanol–water partition coefficient (Wildman–Crippen LogP) is -0.419. The monoisotopic (exact) mass is 231 g/mol. The molecule has 0 spiro atoms. The van der Waals surface area contributed by atoms with Gasteiger partial charge >= 0.3 is 5.97 Å². The highest BCUT2D eigenvalue weighted by atomic mass is 16.5. The lowest BCUT2D eigenvalue weighted by molar-refractivity contribution is -0.160. The Morgan fingerprint density at radius 3 is 2.88 bits per heavy atom. The van der Waals surface area contributed by atoms with Crippen molar-refractivity contribution in [2.75, 3.05) is 33.4 Å². The quantitative estimate of drug-likeness (QED) is 0.711. The number of rotatable bonds is 4. The molecule has 16 heavy (non-hydrogen) atoms. The van der Waals surface area contributed by atoms with Crippen LogP contribution in [0.1, 0.15) is 6.92 Å². The molecule has 0 radical (unpaired) electrons. The molecule has 6 nitrogen and oxygen atoms in total. The largest absolute Gasteiger partial charge is 0.479 e. The van der Waals surface area contributed by atoms with Gasteiger partial charge in [0.2, 0.25) is 5.91 Å². The van der Waals surface area contributed by atoms with E-state index < -0.39 is 12.1 Å². The molecule has 0 saturated carbocycles. The van der Waals surface area contributed by atoms with Crippen LogP contribution in [-0.2, 0) is 19.1 Å². The number of nitrogens with zero attached hydrogens (tertiary/aromatic N) is 1. The number of carbonyl (C=O) groups is 2. The lowest BCUT2D eigenvalue weighted by Crippen LogP contribution is -2.50. The molecule has 1 N–H and O–H groups in total. The van der Waals surface area contributed by atoms with Gasteiger partial charge < -0.3 is 19.5 Å². The molecule has 1 rings (SSSR count). The van der Waals surface area contributed by atoms with Gasteiger partial charge in [-0.05, 0) is 0 Å². The number of carbonyl (C=O) groups excluding carboxylic acids is 1. The fourth-order valence-corrected chi connectivity index (χ4v) is 1.63. The number of aliphatic carboxylic acids is 1. The Morgan fingerprint density at radius 1 is 1.62 bits per heavy atom. The van der Waals surface area contributed by atoms with E-state index in [9.17, 15) is 9.59 Å². The van der Waals surface area contributed by atoms with Crippen LogP contribution in [0, 0.1) is 5.92 Å². The van der Waals surface area contributed by atoms with Crippen molar-refractivity contribution in [2.45, 2.75) is 13.0 Å². The van der Waals surface area contributed by atoms with E-state index in [-0.39, 0.29) is 25.0 Å². The average Bonchev–Trinajstić information content (AvgIpc) is 2.28. The van der Waals surface area contributed by atoms with E-state index in [2.05, 4.69) is 0 Å². The summed E-state index contributed by atoms with van der Waals surface area (Å²) in [6.07, 6.45) is -0.910. The Kier molecular flexibility index (Phi) is 4.70. The minimum Gasteiger partial charge on any atom is -0.479 e. The minimum absolute atomic E-state index is 0.0867. The second kappa shape index (κ2) is 5.81. The van der Waals surface area contributed by atoms with Crippen LogP contribution in [-0.4, -0.2) is 61.4 Å². The topological polar surface area (TPSA) is 76.1 Å². The van der Waals surface area contributed by atoms with E-state index in [0.29, 0.717) is 13.2 Å². The highest BCUT2D eigenvalue weighted by Gasteiger charge is 2.30. The van der Waals surface area contributed by atoms with Crippen LogP contribution >= 0.6 is 0 Å². The van der Waals surface area contributed by atoms with Gasteiger partial charge in [0.1, 0.15) is 0 Å². The first-order valence-corrected chi connectivity index (χ1v) is 5.18. The number of hydrogen-bond acceptors (Lipinski definition) is 4. The SMILES string of the molecule is COCC(C)C(=O)N1CCOC(C(=O)O)C1. The van der Waals surface area contributed by atoms with E-state index in [1.54, 1.807) is 6.92 Å². The maximum Gasteiger partial charge on any atom is 0.334 e. The van der Waals surface area contributed by atoms with Gasteiger partial charge in [-0.15, -0.1) is 0 Å². The number of amides is 1. The molecule has 0 aromatic carbocycles. The molecule has 1 amide bonds. The van der Waals surface area contributed by atoms with Crippen molar-refractivity contribution in [1.82, 2.24) is 4.90 Å². The summed E-state index contributed by atoms with van der Waals surface area (Å²) in [5.41, 5.74) is 0. The minimum atomic E-state index is -1.03. The van der Waals surface area contributed by atoms with E-state index in [0.717, 1.165) is 0 Å². The maximum atomic E-state index is 11.9. The zero-order valence-corrected chi connectivity index (χ0v) is 9.51. The average molecular weight is 231 g/mol. The molecule has 0 aliphatic carbocycles. The number of carboxylic acids is 1. The maximum absolute atomic E-state index is 11.9. The summed E-state index contributed by atoms with van der Waals surface area (Å²) in [5.74, 6) is -1.37. The molecule has 1 saturated heterocycles. The molecule has 1 heterocycles. The molecule has 0 aromatic heterocycles. The lowest BCUT2D eigenvalue weighted by Gasteiger charge is -2.32. The second-order valence-electron chi connectivity index (χ2n) is 3.84. The van der Waals surface area contributed by atoms with Gasteiger partial charge in [0.25, 0.3) is 0 Å². The summed E-state index contributed by atoms with van der Waals surface area (Å²) in [6.45, 7) is 2.92. The summed E-state index contributed by atoms with van der Waals surface area (Å²) in [4.78, 5) is 24.1. The Bertz CT molecular complexity index is 268. The van der Waals surface area contributed by atoms with Gasteiger partial charge in [-0.1, -0.05) is 6.92 Å². The Morgan fingerprint density at radius 2 is 2.31 bits per heavy atom. The summed E-state index contributed by atoms with van der Waals surface area (Å²) < 4.78 is 9.93. The summed E-state index contributed by atoms with van der Waals surface area (Å²) >= 11 is 0. The fraction of sp³-hybridized carbons (Fsp3) is 0.800. The zero-order valence-electron chi connectivity index (χ0n) is 9.51. The Balaban J connectivity index is 2.53. The molecule has 0 bridgehead atoms. The first-order valence-electron chi connectivity index (χ1n) is 5.18. The van der Waals surface area contributed by atoms with Gasteiger partial charge in [-0.2, -0.15) is 0 Å². The molecular formula is C10H17NO5. The highest BCUT2D eigenvalue weighted by molar-refractivity contribution is 5.80. The Hall–Kier alpha value is -1.14. The zero-order chi connectivity index (χ0) is 12.1. The third-order valence-electron chi connectivity index (χ3n) is 2.49. The van der Waals surface area contributed by atoms with Crippen molar-refractivity contribution in [3.05, 3.63) is 0 Å². The van der Waals surface area contributed by atoms with Gasteiger partial charge in [-0.3, -0.25) is 4.79 Å². The van der Waals surface area contributed by atoms with Crippen molar-refractivity contribution in [3.63, 3.8) is 0 Å². The van der Waals surface area contributed by atoms with Crippen LogP contribution in [0.5, 0.6) is 0 Å². The molecule has 6 heteroatoms. The molecule has 2 atom stereocenters. The van der Waals surface area contributed by atoms with Crippen molar-refractivity contribution >= 4 is 11.9 Å². The molecule has 92 valence electrons. The van der Waals surface area contributed by atoms with Crippen molar-refractivity contribution in [3.8, 4) is 0 Å². The third kappa shape index (κ3) is 3.18. The molecule has 1 fully saturated rings. The van der Waals surface area contributed by atoms with E-state index in [4.69, 9.17) is 14.6 Å². The number of methoxy groups -OCH3 is 1. The standard InChI is InChI=1S/C10H17NO5/c1-7(6-15-2)9(12)11-3-4-16-8(5-11)10(13)14/h7-8H,3-6H2,1-2H3,(H,13,14). The van der Waals surface area contributed by atoms with Crippen molar-refractivity contribution in [2.24, 2.45) is 5.92 Å². The van der Waals surface area contributed by atoms with Crippen molar-refractivity contribution < 1.29 is 24.2 Å². The first-order chi connectivity index (χ1) is 7.56. The Labute approximate surface area is 94.1 Å². The number of ether oxygens (including phenoxy) is 2. The van der Waals surface area contributed by atoms with Gasteiger partial charge in [0.05, 0.1) is 25.7 Å². The molecule has 1 aliphatic heterocycles. The van der Waals surface area contributed by atoms with E-state index in [1.165, 1.54) is 12.0 Å². The highest BCUT2D eigenvalue weighted by Crippen LogP contribution is 2.10. The molecule has 0 aromatic rings. The van der Waals surface area contributed by atoms with Crippen LogP contribution in [0.25, 0.3) is 0 Å². The predicted molar refractivity (Wildman–Crippen MR) is 55.0 cm³/mol. The smallest absolute Gasteiger partial charge is 0.334 e. The van der Waals surface area contributed by atoms with Gasteiger partial charge in [-0.25, -0.2) is 4.79 Å². The molecule has 1 aliphatic rings. The van der Waals surface area contributed by atoms with Gasteiger partial charge in [0, 0.05) is 13.7 Å². The van der Waals surface area contributed by atoms with Crippen molar-refractivity contribution in [1.29, 1.82) is 0 Å². The normalized spacial score (nSPS) is 22.9. The molecule has 2 unspecified atom stereocenters.